The number of carbonyl (C=O) groups is 1. The van der Waals surface area contributed by atoms with Gasteiger partial charge in [0.15, 0.2) is 0 Å². The summed E-state index contributed by atoms with van der Waals surface area (Å²) in [5.74, 6) is -0.219. The van der Waals surface area contributed by atoms with Crippen molar-refractivity contribution in [2.75, 3.05) is 13.1 Å². The van der Waals surface area contributed by atoms with E-state index in [4.69, 9.17) is 11.6 Å². The van der Waals surface area contributed by atoms with E-state index >= 15 is 0 Å². The van der Waals surface area contributed by atoms with Crippen molar-refractivity contribution in [3.05, 3.63) is 23.5 Å². The van der Waals surface area contributed by atoms with E-state index in [1.54, 1.807) is 0 Å². The summed E-state index contributed by atoms with van der Waals surface area (Å²) in [5, 5.41) is 2.39. The van der Waals surface area contributed by atoms with E-state index in [0.717, 1.165) is 0 Å². The van der Waals surface area contributed by atoms with E-state index in [-0.39, 0.29) is 29.0 Å². The molecule has 8 heteroatoms. The molecule has 0 saturated heterocycles. The molecule has 1 aromatic rings. The van der Waals surface area contributed by atoms with E-state index < -0.39 is 10.0 Å². The van der Waals surface area contributed by atoms with Gasteiger partial charge >= 0.3 is 0 Å². The lowest BCUT2D eigenvalue weighted by atomic mass is 10.5. The van der Waals surface area contributed by atoms with Crippen molar-refractivity contribution in [2.24, 2.45) is 0 Å². The summed E-state index contributed by atoms with van der Waals surface area (Å²) in [6, 6.07) is 2.84. The number of amides is 1. The van der Waals surface area contributed by atoms with Gasteiger partial charge in [-0.1, -0.05) is 11.6 Å². The minimum atomic E-state index is -3.68. The molecule has 0 unspecified atom stereocenters. The number of aromatic nitrogens is 1. The number of nitrogens with one attached hydrogen (secondary N) is 2. The fraction of sp³-hybridized carbons (Fsp3) is 0.333. The van der Waals surface area contributed by atoms with Crippen LogP contribution in [0.2, 0.25) is 5.15 Å². The Hall–Kier alpha value is -1.18. The molecule has 0 atom stereocenters. The Morgan fingerprint density at radius 3 is 2.76 bits per heavy atom. The first-order valence-electron chi connectivity index (χ1n) is 4.78. The highest BCUT2D eigenvalue weighted by Crippen LogP contribution is 2.16. The fourth-order valence-electron chi connectivity index (χ4n) is 1.07. The summed E-state index contributed by atoms with van der Waals surface area (Å²) in [7, 11) is -3.68. The van der Waals surface area contributed by atoms with Crippen molar-refractivity contribution >= 4 is 27.5 Å². The minimum absolute atomic E-state index is 0.0792. The van der Waals surface area contributed by atoms with Gasteiger partial charge in [-0.05, 0) is 12.1 Å². The maximum atomic E-state index is 11.7. The molecule has 94 valence electrons. The molecule has 0 bridgehead atoms. The molecular weight excluding hydrogens is 266 g/mol. The van der Waals surface area contributed by atoms with Crippen LogP contribution in [0.15, 0.2) is 23.2 Å². The van der Waals surface area contributed by atoms with Gasteiger partial charge in [-0.3, -0.25) is 4.79 Å². The fourth-order valence-corrected chi connectivity index (χ4v) is 2.56. The van der Waals surface area contributed by atoms with Gasteiger partial charge in [0.2, 0.25) is 15.9 Å². The standard InChI is InChI=1S/C9H12ClN3O3S/c1-7(14)11-5-6-13-17(15,16)8-3-2-4-12-9(8)10/h2-4,13H,5-6H2,1H3,(H,11,14). The molecule has 0 fully saturated rings. The second-order valence-electron chi connectivity index (χ2n) is 3.17. The number of rotatable bonds is 5. The average molecular weight is 278 g/mol. The minimum Gasteiger partial charge on any atom is -0.355 e. The molecule has 6 nitrogen and oxygen atoms in total. The Labute approximate surface area is 104 Å². The van der Waals surface area contributed by atoms with E-state index in [1.807, 2.05) is 0 Å². The summed E-state index contributed by atoms with van der Waals surface area (Å²) in [5.41, 5.74) is 0. The van der Waals surface area contributed by atoms with E-state index in [0.29, 0.717) is 0 Å². The van der Waals surface area contributed by atoms with Crippen molar-refractivity contribution in [3.8, 4) is 0 Å². The van der Waals surface area contributed by atoms with Crippen LogP contribution in [0.1, 0.15) is 6.92 Å². The van der Waals surface area contributed by atoms with Crippen molar-refractivity contribution in [1.29, 1.82) is 0 Å². The molecule has 0 aliphatic rings. The maximum Gasteiger partial charge on any atom is 0.243 e. The molecule has 1 amide bonds. The maximum absolute atomic E-state index is 11.7. The lowest BCUT2D eigenvalue weighted by molar-refractivity contribution is -0.118. The molecule has 0 aliphatic heterocycles. The number of pyridine rings is 1. The first kappa shape index (κ1) is 13.9. The summed E-state index contributed by atoms with van der Waals surface area (Å²) < 4.78 is 25.8. The highest BCUT2D eigenvalue weighted by Gasteiger charge is 2.17. The number of halogens is 1. The van der Waals surface area contributed by atoms with Gasteiger partial charge in [0.05, 0.1) is 0 Å². The molecule has 1 heterocycles. The predicted octanol–water partition coefficient (Wildman–Crippen LogP) is 0.149. The average Bonchev–Trinajstić information content (AvgIpc) is 2.24. The van der Waals surface area contributed by atoms with Crippen molar-refractivity contribution in [1.82, 2.24) is 15.0 Å². The van der Waals surface area contributed by atoms with Crippen molar-refractivity contribution in [3.63, 3.8) is 0 Å². The van der Waals surface area contributed by atoms with Crippen LogP contribution in [0.25, 0.3) is 0 Å². The zero-order valence-corrected chi connectivity index (χ0v) is 10.7. The number of sulfonamides is 1. The number of carbonyl (C=O) groups excluding carboxylic acids is 1. The summed E-state index contributed by atoms with van der Waals surface area (Å²) in [6.45, 7) is 1.66. The normalized spacial score (nSPS) is 11.2. The second-order valence-corrected chi connectivity index (χ2v) is 5.27. The Morgan fingerprint density at radius 2 is 2.18 bits per heavy atom. The first-order valence-corrected chi connectivity index (χ1v) is 6.64. The van der Waals surface area contributed by atoms with Crippen LogP contribution in [0, 0.1) is 0 Å². The molecule has 0 spiro atoms. The zero-order chi connectivity index (χ0) is 12.9. The van der Waals surface area contributed by atoms with Crippen LogP contribution in [-0.2, 0) is 14.8 Å². The molecule has 0 saturated carbocycles. The van der Waals surface area contributed by atoms with Gasteiger partial charge in [0.1, 0.15) is 10.0 Å². The van der Waals surface area contributed by atoms with Gasteiger partial charge in [0, 0.05) is 26.2 Å². The molecule has 0 aromatic carbocycles. The Kier molecular flexibility index (Phi) is 4.86. The third-order valence-corrected chi connectivity index (χ3v) is 3.71. The van der Waals surface area contributed by atoms with E-state index in [1.165, 1.54) is 25.3 Å². The van der Waals surface area contributed by atoms with Crippen molar-refractivity contribution < 1.29 is 13.2 Å². The highest BCUT2D eigenvalue weighted by atomic mass is 35.5. The van der Waals surface area contributed by atoms with Gasteiger partial charge in [-0.2, -0.15) is 0 Å². The van der Waals surface area contributed by atoms with E-state index in [2.05, 4.69) is 15.0 Å². The van der Waals surface area contributed by atoms with Crippen LogP contribution < -0.4 is 10.0 Å². The number of nitrogens with zero attached hydrogens (tertiary/aromatic N) is 1. The van der Waals surface area contributed by atoms with Crippen LogP contribution in [0.5, 0.6) is 0 Å². The Balaban J connectivity index is 2.64. The van der Waals surface area contributed by atoms with Gasteiger partial charge in [-0.25, -0.2) is 18.1 Å². The van der Waals surface area contributed by atoms with Crippen LogP contribution in [-0.4, -0.2) is 32.4 Å². The molecule has 1 rings (SSSR count). The predicted molar refractivity (Wildman–Crippen MR) is 63.1 cm³/mol. The van der Waals surface area contributed by atoms with E-state index in [9.17, 15) is 13.2 Å². The van der Waals surface area contributed by atoms with Gasteiger partial charge < -0.3 is 5.32 Å². The second kappa shape index (κ2) is 5.95. The number of hydrogen-bond donors (Lipinski definition) is 2. The molecule has 17 heavy (non-hydrogen) atoms. The van der Waals surface area contributed by atoms with Crippen LogP contribution in [0.4, 0.5) is 0 Å². The smallest absolute Gasteiger partial charge is 0.243 e. The quantitative estimate of drug-likeness (QED) is 0.592. The Morgan fingerprint density at radius 1 is 1.47 bits per heavy atom. The molecule has 1 aromatic heterocycles. The number of hydrogen-bond acceptors (Lipinski definition) is 4. The van der Waals surface area contributed by atoms with Gasteiger partial charge in [0.25, 0.3) is 0 Å². The summed E-state index contributed by atoms with van der Waals surface area (Å²) >= 11 is 5.67. The lowest BCUT2D eigenvalue weighted by Crippen LogP contribution is -2.33. The SMILES string of the molecule is CC(=O)NCCNS(=O)(=O)c1cccnc1Cl. The van der Waals surface area contributed by atoms with Gasteiger partial charge in [-0.15, -0.1) is 0 Å². The molecule has 2 N–H and O–H groups in total. The zero-order valence-electron chi connectivity index (χ0n) is 9.10. The first-order chi connectivity index (χ1) is 7.93. The third kappa shape index (κ3) is 4.29. The lowest BCUT2D eigenvalue weighted by Gasteiger charge is -2.07. The summed E-state index contributed by atoms with van der Waals surface area (Å²) in [4.78, 5) is 14.2. The largest absolute Gasteiger partial charge is 0.355 e. The highest BCUT2D eigenvalue weighted by molar-refractivity contribution is 7.89. The topological polar surface area (TPSA) is 88.2 Å². The van der Waals surface area contributed by atoms with Crippen LogP contribution in [0.3, 0.4) is 0 Å². The summed E-state index contributed by atoms with van der Waals surface area (Å²) in [6.07, 6.45) is 1.40. The monoisotopic (exact) mass is 277 g/mol. The molecular formula is C9H12ClN3O3S. The molecule has 0 aliphatic carbocycles. The van der Waals surface area contributed by atoms with Crippen LogP contribution >= 0.6 is 11.6 Å². The molecule has 0 radical (unpaired) electrons. The van der Waals surface area contributed by atoms with Crippen molar-refractivity contribution in [2.45, 2.75) is 11.8 Å². The third-order valence-electron chi connectivity index (χ3n) is 1.81. The Bertz CT molecular complexity index is 504.